The van der Waals surface area contributed by atoms with E-state index in [2.05, 4.69) is 5.16 Å². The van der Waals surface area contributed by atoms with E-state index in [0.717, 1.165) is 37.0 Å². The number of carboxylic acids is 1. The molecule has 21 heavy (non-hydrogen) atoms. The molecule has 0 bridgehead atoms. The number of aliphatic carboxylic acids is 1. The lowest BCUT2D eigenvalue weighted by molar-refractivity contribution is -0.138. The quantitative estimate of drug-likeness (QED) is 0.503. The Morgan fingerprint density at radius 2 is 2.00 bits per heavy atom. The highest BCUT2D eigenvalue weighted by Gasteiger charge is 2.20. The third-order valence-electron chi connectivity index (χ3n) is 4.42. The Kier molecular flexibility index (Phi) is 5.37. The Hall–Kier alpha value is -1.84. The van der Waals surface area contributed by atoms with Crippen LogP contribution in [0, 0.1) is 5.92 Å². The van der Waals surface area contributed by atoms with Crippen LogP contribution in [0.5, 0.6) is 0 Å². The summed E-state index contributed by atoms with van der Waals surface area (Å²) < 4.78 is 0. The summed E-state index contributed by atoms with van der Waals surface area (Å²) in [5, 5.41) is 21.7. The van der Waals surface area contributed by atoms with Gasteiger partial charge in [-0.1, -0.05) is 42.3 Å². The summed E-state index contributed by atoms with van der Waals surface area (Å²) >= 11 is 0. The first-order chi connectivity index (χ1) is 10.1. The molecule has 1 aromatic carbocycles. The van der Waals surface area contributed by atoms with Gasteiger partial charge >= 0.3 is 5.97 Å². The van der Waals surface area contributed by atoms with E-state index in [9.17, 15) is 4.79 Å². The Morgan fingerprint density at radius 3 is 2.62 bits per heavy atom. The van der Waals surface area contributed by atoms with Crippen molar-refractivity contribution in [2.24, 2.45) is 11.1 Å². The van der Waals surface area contributed by atoms with Crippen molar-refractivity contribution >= 4 is 11.7 Å². The van der Waals surface area contributed by atoms with Crippen LogP contribution in [0.25, 0.3) is 0 Å². The van der Waals surface area contributed by atoms with Gasteiger partial charge in [0.2, 0.25) is 0 Å². The van der Waals surface area contributed by atoms with E-state index in [1.165, 1.54) is 18.4 Å². The van der Waals surface area contributed by atoms with E-state index in [0.29, 0.717) is 5.92 Å². The van der Waals surface area contributed by atoms with Crippen molar-refractivity contribution in [1.29, 1.82) is 0 Å². The Morgan fingerprint density at radius 1 is 1.29 bits per heavy atom. The number of carbonyl (C=O) groups is 1. The highest BCUT2D eigenvalue weighted by Crippen LogP contribution is 2.25. The van der Waals surface area contributed by atoms with Crippen molar-refractivity contribution in [3.8, 4) is 0 Å². The molecule has 2 rings (SSSR count). The first kappa shape index (κ1) is 15.5. The van der Waals surface area contributed by atoms with Gasteiger partial charge in [-0.15, -0.1) is 0 Å². The van der Waals surface area contributed by atoms with Crippen LogP contribution in [0.2, 0.25) is 0 Å². The third-order valence-corrected chi connectivity index (χ3v) is 4.42. The van der Waals surface area contributed by atoms with Gasteiger partial charge in [0, 0.05) is 5.92 Å². The molecule has 1 aliphatic carbocycles. The molecule has 1 fully saturated rings. The molecule has 0 aromatic heterocycles. The molecule has 0 amide bonds. The number of hydrogen-bond donors (Lipinski definition) is 2. The summed E-state index contributed by atoms with van der Waals surface area (Å²) in [6.45, 7) is 1.69. The molecule has 0 heterocycles. The van der Waals surface area contributed by atoms with Gasteiger partial charge < -0.3 is 10.3 Å². The zero-order chi connectivity index (χ0) is 15.2. The second-order valence-electron chi connectivity index (χ2n) is 5.89. The smallest absolute Gasteiger partial charge is 0.310 e. The van der Waals surface area contributed by atoms with E-state index in [4.69, 9.17) is 10.3 Å². The molecule has 1 aliphatic rings. The average molecular weight is 289 g/mol. The fourth-order valence-corrected chi connectivity index (χ4v) is 2.97. The highest BCUT2D eigenvalue weighted by molar-refractivity contribution is 5.86. The summed E-state index contributed by atoms with van der Waals surface area (Å²) in [5.74, 6) is -0.979. The Labute approximate surface area is 125 Å². The van der Waals surface area contributed by atoms with Gasteiger partial charge in [0.1, 0.15) is 0 Å². The number of nitrogens with zero attached hydrogens (tertiary/aromatic N) is 1. The maximum atomic E-state index is 11.0. The lowest BCUT2D eigenvalue weighted by Gasteiger charge is -2.16. The van der Waals surface area contributed by atoms with E-state index >= 15 is 0 Å². The van der Waals surface area contributed by atoms with E-state index in [-0.39, 0.29) is 0 Å². The predicted octanol–water partition coefficient (Wildman–Crippen LogP) is 3.83. The van der Waals surface area contributed by atoms with Crippen LogP contribution < -0.4 is 0 Å². The van der Waals surface area contributed by atoms with Crippen LogP contribution in [-0.2, 0) is 11.2 Å². The molecule has 4 heteroatoms. The van der Waals surface area contributed by atoms with Crippen LogP contribution in [0.3, 0.4) is 0 Å². The van der Waals surface area contributed by atoms with Crippen LogP contribution >= 0.6 is 0 Å². The fourth-order valence-electron chi connectivity index (χ4n) is 2.97. The standard InChI is InChI=1S/C17H23NO3/c1-12(17(19)20)14-9-7-13(8-10-14)11-15-5-3-2-4-6-16(15)18-21/h7-10,12,15,21H,2-6,11H2,1H3,(H,19,20)/b18-16-/t12-,15+/m0/s1. The third kappa shape index (κ3) is 4.06. The lowest BCUT2D eigenvalue weighted by atomic mass is 9.90. The predicted molar refractivity (Wildman–Crippen MR) is 82.0 cm³/mol. The fraction of sp³-hybridized carbons (Fsp3) is 0.529. The minimum atomic E-state index is -0.804. The van der Waals surface area contributed by atoms with Crippen molar-refractivity contribution in [2.45, 2.75) is 51.4 Å². The minimum Gasteiger partial charge on any atom is -0.481 e. The normalized spacial score (nSPS) is 22.7. The molecule has 2 N–H and O–H groups in total. The highest BCUT2D eigenvalue weighted by atomic mass is 16.4. The first-order valence-electron chi connectivity index (χ1n) is 7.64. The molecule has 114 valence electrons. The van der Waals surface area contributed by atoms with E-state index in [1.807, 2.05) is 24.3 Å². The monoisotopic (exact) mass is 289 g/mol. The Balaban J connectivity index is 2.07. The maximum Gasteiger partial charge on any atom is 0.310 e. The average Bonchev–Trinajstić information content (AvgIpc) is 2.72. The van der Waals surface area contributed by atoms with Gasteiger partial charge in [0.15, 0.2) is 0 Å². The molecule has 2 atom stereocenters. The maximum absolute atomic E-state index is 11.0. The van der Waals surface area contributed by atoms with E-state index in [1.54, 1.807) is 6.92 Å². The summed E-state index contributed by atoms with van der Waals surface area (Å²) in [6, 6.07) is 7.77. The summed E-state index contributed by atoms with van der Waals surface area (Å²) in [5.41, 5.74) is 2.91. The topological polar surface area (TPSA) is 69.9 Å². The van der Waals surface area contributed by atoms with Crippen molar-refractivity contribution in [2.75, 3.05) is 0 Å². The second kappa shape index (κ2) is 7.25. The van der Waals surface area contributed by atoms with Gasteiger partial charge in [0.05, 0.1) is 11.6 Å². The number of oxime groups is 1. The largest absolute Gasteiger partial charge is 0.481 e. The van der Waals surface area contributed by atoms with Crippen molar-refractivity contribution < 1.29 is 15.1 Å². The van der Waals surface area contributed by atoms with Gasteiger partial charge in [-0.05, 0) is 43.7 Å². The van der Waals surface area contributed by atoms with Crippen LogP contribution in [0.15, 0.2) is 29.4 Å². The summed E-state index contributed by atoms with van der Waals surface area (Å²) in [6.07, 6.45) is 6.29. The van der Waals surface area contributed by atoms with Gasteiger partial charge in [0.25, 0.3) is 0 Å². The molecule has 0 spiro atoms. The van der Waals surface area contributed by atoms with Gasteiger partial charge in [-0.2, -0.15) is 0 Å². The molecule has 0 saturated heterocycles. The Bertz CT molecular complexity index is 507. The summed E-state index contributed by atoms with van der Waals surface area (Å²) in [4.78, 5) is 11.0. The van der Waals surface area contributed by atoms with Crippen molar-refractivity contribution in [1.82, 2.24) is 0 Å². The molecule has 0 unspecified atom stereocenters. The zero-order valence-corrected chi connectivity index (χ0v) is 12.5. The zero-order valence-electron chi connectivity index (χ0n) is 12.5. The molecule has 1 aromatic rings. The lowest BCUT2D eigenvalue weighted by Crippen LogP contribution is -2.16. The van der Waals surface area contributed by atoms with Gasteiger partial charge in [-0.3, -0.25) is 4.79 Å². The SMILES string of the molecule is C[C@H](C(=O)O)c1ccc(C[C@H]2CCCCC/C2=N/O)cc1. The molecule has 1 saturated carbocycles. The number of hydrogen-bond acceptors (Lipinski definition) is 3. The van der Waals surface area contributed by atoms with Crippen LogP contribution in [0.1, 0.15) is 56.1 Å². The summed E-state index contributed by atoms with van der Waals surface area (Å²) in [7, 11) is 0. The number of carboxylic acid groups (broad SMARTS) is 1. The van der Waals surface area contributed by atoms with Crippen LogP contribution in [0.4, 0.5) is 0 Å². The van der Waals surface area contributed by atoms with Crippen molar-refractivity contribution in [3.63, 3.8) is 0 Å². The number of rotatable bonds is 4. The molecule has 0 aliphatic heterocycles. The second-order valence-corrected chi connectivity index (χ2v) is 5.89. The number of benzene rings is 1. The molecule has 0 radical (unpaired) electrons. The molecular formula is C17H23NO3. The van der Waals surface area contributed by atoms with Gasteiger partial charge in [-0.25, -0.2) is 0 Å². The van der Waals surface area contributed by atoms with Crippen LogP contribution in [-0.4, -0.2) is 22.0 Å². The van der Waals surface area contributed by atoms with Crippen molar-refractivity contribution in [3.05, 3.63) is 35.4 Å². The minimum absolute atomic E-state index is 0.306. The first-order valence-corrected chi connectivity index (χ1v) is 7.64. The molecule has 4 nitrogen and oxygen atoms in total. The van der Waals surface area contributed by atoms with E-state index < -0.39 is 11.9 Å². The molecular weight excluding hydrogens is 266 g/mol.